The molecule has 1 amide bonds. The third kappa shape index (κ3) is 5.88. The summed E-state index contributed by atoms with van der Waals surface area (Å²) in [6, 6.07) is 5.13. The van der Waals surface area contributed by atoms with Gasteiger partial charge in [0.05, 0.1) is 22.8 Å². The summed E-state index contributed by atoms with van der Waals surface area (Å²) in [4.78, 5) is 14.5. The lowest BCUT2D eigenvalue weighted by Gasteiger charge is -2.27. The number of piperidine rings is 1. The number of hydrogen-bond donors (Lipinski definition) is 2. The smallest absolute Gasteiger partial charge is 0.243 e. The van der Waals surface area contributed by atoms with Crippen LogP contribution in [0.2, 0.25) is 0 Å². The Morgan fingerprint density at radius 2 is 1.73 bits per heavy atom. The number of carbonyl (C=O) groups excluding carboxylic acids is 1. The molecular weight excluding hydrogens is 400 g/mol. The average Bonchev–Trinajstić information content (AvgIpc) is 2.77. The molecule has 7 nitrogen and oxygen atoms in total. The van der Waals surface area contributed by atoms with Crippen LogP contribution < -0.4 is 15.5 Å². The van der Waals surface area contributed by atoms with Crippen molar-refractivity contribution in [1.29, 1.82) is 0 Å². The van der Waals surface area contributed by atoms with E-state index in [1.165, 1.54) is 32.1 Å². The molecule has 0 atom stereocenters. The summed E-state index contributed by atoms with van der Waals surface area (Å²) in [5.74, 6) is 0.521. The fourth-order valence-electron chi connectivity index (χ4n) is 4.35. The largest absolute Gasteiger partial charge is 0.376 e. The predicted octanol–water partition coefficient (Wildman–Crippen LogP) is 3.04. The molecule has 1 heterocycles. The first kappa shape index (κ1) is 22.9. The number of nitrogens with zero attached hydrogens (tertiary/aromatic N) is 2. The molecule has 0 spiro atoms. The van der Waals surface area contributed by atoms with E-state index in [-0.39, 0.29) is 17.3 Å². The van der Waals surface area contributed by atoms with Crippen molar-refractivity contribution in [3.05, 3.63) is 18.2 Å². The molecule has 1 aromatic rings. The average molecular weight is 437 g/mol. The highest BCUT2D eigenvalue weighted by molar-refractivity contribution is 7.89. The molecule has 0 bridgehead atoms. The van der Waals surface area contributed by atoms with Crippen molar-refractivity contribution in [3.8, 4) is 0 Å². The topological polar surface area (TPSA) is 81.8 Å². The van der Waals surface area contributed by atoms with E-state index in [4.69, 9.17) is 0 Å². The van der Waals surface area contributed by atoms with Gasteiger partial charge in [-0.2, -0.15) is 4.31 Å². The predicted molar refractivity (Wildman–Crippen MR) is 121 cm³/mol. The third-order valence-corrected chi connectivity index (χ3v) is 8.05. The molecule has 2 fully saturated rings. The van der Waals surface area contributed by atoms with Crippen molar-refractivity contribution in [1.82, 2.24) is 9.62 Å². The van der Waals surface area contributed by atoms with Gasteiger partial charge in [-0.05, 0) is 49.8 Å². The Morgan fingerprint density at radius 1 is 1.07 bits per heavy atom. The summed E-state index contributed by atoms with van der Waals surface area (Å²) < 4.78 is 27.7. The van der Waals surface area contributed by atoms with E-state index in [1.807, 2.05) is 19.0 Å². The van der Waals surface area contributed by atoms with E-state index in [1.54, 1.807) is 22.5 Å². The van der Waals surface area contributed by atoms with Gasteiger partial charge in [-0.25, -0.2) is 8.42 Å². The molecule has 2 aliphatic rings. The third-order valence-electron chi connectivity index (χ3n) is 6.15. The molecule has 1 saturated carbocycles. The summed E-state index contributed by atoms with van der Waals surface area (Å²) in [5.41, 5.74) is 1.51. The van der Waals surface area contributed by atoms with Gasteiger partial charge < -0.3 is 15.5 Å². The van der Waals surface area contributed by atoms with Crippen LogP contribution in [0.5, 0.6) is 0 Å². The highest BCUT2D eigenvalue weighted by atomic mass is 32.2. The van der Waals surface area contributed by atoms with Gasteiger partial charge in [-0.15, -0.1) is 0 Å². The van der Waals surface area contributed by atoms with Crippen molar-refractivity contribution in [2.24, 2.45) is 5.92 Å². The van der Waals surface area contributed by atoms with Gasteiger partial charge in [0, 0.05) is 33.7 Å². The molecule has 0 radical (unpaired) electrons. The maximum atomic E-state index is 13.0. The van der Waals surface area contributed by atoms with E-state index in [0.717, 1.165) is 31.5 Å². The van der Waals surface area contributed by atoms with Crippen LogP contribution in [-0.2, 0) is 14.8 Å². The number of carbonyl (C=O) groups is 1. The SMILES string of the molecule is CN(C)c1ccc(S(=O)(=O)N2CCCCC2)cc1NCC(=O)NCC1CCCCC1. The maximum Gasteiger partial charge on any atom is 0.243 e. The second-order valence-corrected chi connectivity index (χ2v) is 10.6. The van der Waals surface area contributed by atoms with Crippen molar-refractivity contribution in [2.75, 3.05) is 50.5 Å². The minimum absolute atomic E-state index is 0.0606. The van der Waals surface area contributed by atoms with Crippen LogP contribution >= 0.6 is 0 Å². The summed E-state index contributed by atoms with van der Waals surface area (Å²) in [6.45, 7) is 2.00. The van der Waals surface area contributed by atoms with E-state index < -0.39 is 10.0 Å². The summed E-state index contributed by atoms with van der Waals surface area (Å²) in [6.07, 6.45) is 9.07. The molecule has 1 aliphatic heterocycles. The number of anilines is 2. The van der Waals surface area contributed by atoms with Gasteiger partial charge in [-0.3, -0.25) is 4.79 Å². The van der Waals surface area contributed by atoms with E-state index >= 15 is 0 Å². The van der Waals surface area contributed by atoms with Gasteiger partial charge >= 0.3 is 0 Å². The lowest BCUT2D eigenvalue weighted by molar-refractivity contribution is -0.119. The highest BCUT2D eigenvalue weighted by Gasteiger charge is 2.26. The van der Waals surface area contributed by atoms with Crippen LogP contribution in [-0.4, -0.2) is 58.9 Å². The minimum atomic E-state index is -3.52. The van der Waals surface area contributed by atoms with E-state index in [9.17, 15) is 13.2 Å². The van der Waals surface area contributed by atoms with Gasteiger partial charge in [0.25, 0.3) is 0 Å². The van der Waals surface area contributed by atoms with Crippen LogP contribution in [0.3, 0.4) is 0 Å². The number of sulfonamides is 1. The Hall–Kier alpha value is -1.80. The fraction of sp³-hybridized carbons (Fsp3) is 0.682. The number of amides is 1. The molecule has 30 heavy (non-hydrogen) atoms. The Kier molecular flexibility index (Phi) is 7.99. The molecule has 1 aliphatic carbocycles. The maximum absolute atomic E-state index is 13.0. The Bertz CT molecular complexity index is 814. The first-order chi connectivity index (χ1) is 14.4. The molecule has 2 N–H and O–H groups in total. The number of nitrogens with one attached hydrogen (secondary N) is 2. The quantitative estimate of drug-likeness (QED) is 0.655. The van der Waals surface area contributed by atoms with Crippen molar-refractivity contribution in [3.63, 3.8) is 0 Å². The van der Waals surface area contributed by atoms with Crippen molar-refractivity contribution < 1.29 is 13.2 Å². The Morgan fingerprint density at radius 3 is 2.40 bits per heavy atom. The molecule has 1 aromatic carbocycles. The molecule has 8 heteroatoms. The number of benzene rings is 1. The number of hydrogen-bond acceptors (Lipinski definition) is 5. The van der Waals surface area contributed by atoms with E-state index in [2.05, 4.69) is 10.6 Å². The monoisotopic (exact) mass is 436 g/mol. The zero-order valence-electron chi connectivity index (χ0n) is 18.3. The molecule has 0 unspecified atom stereocenters. The molecule has 0 aromatic heterocycles. The van der Waals surface area contributed by atoms with Crippen molar-refractivity contribution in [2.45, 2.75) is 56.3 Å². The summed E-state index contributed by atoms with van der Waals surface area (Å²) >= 11 is 0. The Labute approximate surface area is 181 Å². The van der Waals surface area contributed by atoms with Crippen LogP contribution in [0.4, 0.5) is 11.4 Å². The lowest BCUT2D eigenvalue weighted by atomic mass is 9.89. The van der Waals surface area contributed by atoms with Crippen LogP contribution in [0, 0.1) is 5.92 Å². The van der Waals surface area contributed by atoms with Crippen molar-refractivity contribution >= 4 is 27.3 Å². The fourth-order valence-corrected chi connectivity index (χ4v) is 5.89. The summed E-state index contributed by atoms with van der Waals surface area (Å²) in [5, 5.41) is 6.19. The first-order valence-corrected chi connectivity index (χ1v) is 12.6. The molecule has 3 rings (SSSR count). The highest BCUT2D eigenvalue weighted by Crippen LogP contribution is 2.30. The zero-order chi connectivity index (χ0) is 21.6. The number of rotatable bonds is 8. The van der Waals surface area contributed by atoms with Gasteiger partial charge in [-0.1, -0.05) is 25.7 Å². The Balaban J connectivity index is 1.66. The van der Waals surface area contributed by atoms with Gasteiger partial charge in [0.15, 0.2) is 0 Å². The molecule has 1 saturated heterocycles. The zero-order valence-corrected chi connectivity index (χ0v) is 19.1. The van der Waals surface area contributed by atoms with Crippen LogP contribution in [0.15, 0.2) is 23.1 Å². The lowest BCUT2D eigenvalue weighted by Crippen LogP contribution is -2.36. The minimum Gasteiger partial charge on any atom is -0.376 e. The van der Waals surface area contributed by atoms with E-state index in [0.29, 0.717) is 24.7 Å². The van der Waals surface area contributed by atoms with Crippen LogP contribution in [0.25, 0.3) is 0 Å². The summed E-state index contributed by atoms with van der Waals surface area (Å²) in [7, 11) is 0.294. The first-order valence-electron chi connectivity index (χ1n) is 11.2. The second kappa shape index (κ2) is 10.5. The van der Waals surface area contributed by atoms with Gasteiger partial charge in [0.1, 0.15) is 0 Å². The normalized spacial score (nSPS) is 18.7. The molecular formula is C22H36N4O3S. The molecule has 168 valence electrons. The van der Waals surface area contributed by atoms with Gasteiger partial charge in [0.2, 0.25) is 15.9 Å². The standard InChI is InChI=1S/C22H36N4O3S/c1-25(2)21-12-11-19(30(28,29)26-13-7-4-8-14-26)15-20(21)23-17-22(27)24-16-18-9-5-3-6-10-18/h11-12,15,18,23H,3-10,13-14,16-17H2,1-2H3,(H,24,27). The van der Waals surface area contributed by atoms with Crippen LogP contribution in [0.1, 0.15) is 51.4 Å². The second-order valence-electron chi connectivity index (χ2n) is 8.70.